The summed E-state index contributed by atoms with van der Waals surface area (Å²) in [4.78, 5) is 4.17. The lowest BCUT2D eigenvalue weighted by atomic mass is 10.1. The van der Waals surface area contributed by atoms with Crippen molar-refractivity contribution in [3.05, 3.63) is 23.0 Å². The highest BCUT2D eigenvalue weighted by Gasteiger charge is 2.17. The van der Waals surface area contributed by atoms with Crippen molar-refractivity contribution in [1.82, 2.24) is 4.98 Å². The molecule has 0 fully saturated rings. The van der Waals surface area contributed by atoms with E-state index in [0.717, 1.165) is 11.1 Å². The van der Waals surface area contributed by atoms with Crippen LogP contribution in [0.2, 0.25) is 0 Å². The number of nitrogens with two attached hydrogens (primary N) is 1. The first kappa shape index (κ1) is 14.0. The molecule has 96 valence electrons. The number of pyridine rings is 1. The van der Waals surface area contributed by atoms with Crippen LogP contribution in [0.1, 0.15) is 30.7 Å². The van der Waals surface area contributed by atoms with Crippen LogP contribution in [0.5, 0.6) is 0 Å². The number of anilines is 1. The van der Waals surface area contributed by atoms with Gasteiger partial charge < -0.3 is 5.73 Å². The summed E-state index contributed by atoms with van der Waals surface area (Å²) in [7, 11) is -3.10. The van der Waals surface area contributed by atoms with E-state index in [9.17, 15) is 8.42 Å². The van der Waals surface area contributed by atoms with Crippen molar-refractivity contribution in [2.75, 3.05) is 11.5 Å². The Kier molecular flexibility index (Phi) is 4.14. The van der Waals surface area contributed by atoms with Gasteiger partial charge in [-0.3, -0.25) is 4.98 Å². The number of aryl methyl sites for hydroxylation is 1. The predicted octanol–water partition coefficient (Wildman–Crippen LogP) is 1.85. The minimum Gasteiger partial charge on any atom is -0.398 e. The van der Waals surface area contributed by atoms with E-state index in [-0.39, 0.29) is 17.4 Å². The van der Waals surface area contributed by atoms with Gasteiger partial charge in [-0.05, 0) is 30.9 Å². The molecule has 0 spiro atoms. The summed E-state index contributed by atoms with van der Waals surface area (Å²) in [5.74, 6) is 0.284. The van der Waals surface area contributed by atoms with Gasteiger partial charge >= 0.3 is 0 Å². The lowest BCUT2D eigenvalue weighted by Gasteiger charge is -2.11. The van der Waals surface area contributed by atoms with Gasteiger partial charge in [-0.25, -0.2) is 8.42 Å². The second kappa shape index (κ2) is 5.04. The number of rotatable bonds is 4. The van der Waals surface area contributed by atoms with Gasteiger partial charge in [-0.2, -0.15) is 0 Å². The highest BCUT2D eigenvalue weighted by atomic mass is 32.2. The van der Waals surface area contributed by atoms with Gasteiger partial charge in [0.15, 0.2) is 9.84 Å². The van der Waals surface area contributed by atoms with Crippen molar-refractivity contribution in [2.45, 2.75) is 33.4 Å². The van der Waals surface area contributed by atoms with Crippen LogP contribution in [0.4, 0.5) is 5.69 Å². The average molecular weight is 256 g/mol. The molecule has 0 aromatic carbocycles. The standard InChI is InChI=1S/C12H20N2O2S/c1-8(2)6-17(15,16)7-11-10(4)12(13)9(3)5-14-11/h5,8H,6-7H2,1-4H3,(H2,13,14). The fourth-order valence-corrected chi connectivity index (χ4v) is 3.55. The molecule has 0 bridgehead atoms. The first-order chi connectivity index (χ1) is 7.73. The molecular weight excluding hydrogens is 236 g/mol. The van der Waals surface area contributed by atoms with E-state index in [1.54, 1.807) is 6.20 Å². The van der Waals surface area contributed by atoms with E-state index in [1.807, 2.05) is 27.7 Å². The van der Waals surface area contributed by atoms with Crippen LogP contribution >= 0.6 is 0 Å². The lowest BCUT2D eigenvalue weighted by Crippen LogP contribution is -2.16. The van der Waals surface area contributed by atoms with E-state index >= 15 is 0 Å². The highest BCUT2D eigenvalue weighted by Crippen LogP contribution is 2.20. The Hall–Kier alpha value is -1.10. The molecule has 2 N–H and O–H groups in total. The minimum absolute atomic E-state index is 0.0263. The molecule has 0 amide bonds. The van der Waals surface area contributed by atoms with E-state index in [4.69, 9.17) is 5.73 Å². The Morgan fingerprint density at radius 1 is 1.35 bits per heavy atom. The van der Waals surface area contributed by atoms with Crippen molar-refractivity contribution in [3.8, 4) is 0 Å². The molecular formula is C12H20N2O2S. The van der Waals surface area contributed by atoms with Crippen LogP contribution in [0.25, 0.3) is 0 Å². The summed E-state index contributed by atoms with van der Waals surface area (Å²) in [5, 5.41) is 0. The first-order valence-electron chi connectivity index (χ1n) is 5.64. The molecule has 0 atom stereocenters. The molecule has 0 saturated carbocycles. The van der Waals surface area contributed by atoms with Crippen molar-refractivity contribution < 1.29 is 8.42 Å². The van der Waals surface area contributed by atoms with E-state index in [0.29, 0.717) is 11.4 Å². The van der Waals surface area contributed by atoms with E-state index in [1.165, 1.54) is 0 Å². The van der Waals surface area contributed by atoms with E-state index in [2.05, 4.69) is 4.98 Å². The third-order valence-electron chi connectivity index (χ3n) is 2.62. The van der Waals surface area contributed by atoms with Crippen LogP contribution in [-0.4, -0.2) is 19.2 Å². The summed E-state index contributed by atoms with van der Waals surface area (Å²) >= 11 is 0. The maximum atomic E-state index is 11.9. The average Bonchev–Trinajstić information content (AvgIpc) is 2.17. The van der Waals surface area contributed by atoms with Crippen LogP contribution in [0, 0.1) is 19.8 Å². The molecule has 17 heavy (non-hydrogen) atoms. The fourth-order valence-electron chi connectivity index (χ4n) is 1.71. The minimum atomic E-state index is -3.10. The van der Waals surface area contributed by atoms with Gasteiger partial charge in [-0.15, -0.1) is 0 Å². The maximum Gasteiger partial charge on any atom is 0.156 e. The van der Waals surface area contributed by atoms with Gasteiger partial charge in [0.05, 0.1) is 17.2 Å². The number of sulfone groups is 1. The van der Waals surface area contributed by atoms with Crippen molar-refractivity contribution in [1.29, 1.82) is 0 Å². The zero-order valence-corrected chi connectivity index (χ0v) is 11.6. The largest absolute Gasteiger partial charge is 0.398 e. The van der Waals surface area contributed by atoms with E-state index < -0.39 is 9.84 Å². The van der Waals surface area contributed by atoms with Crippen LogP contribution < -0.4 is 5.73 Å². The molecule has 0 unspecified atom stereocenters. The monoisotopic (exact) mass is 256 g/mol. The molecule has 0 saturated heterocycles. The summed E-state index contributed by atoms with van der Waals surface area (Å²) in [6.07, 6.45) is 1.63. The molecule has 1 rings (SSSR count). The molecule has 4 nitrogen and oxygen atoms in total. The quantitative estimate of drug-likeness (QED) is 0.892. The Bertz CT molecular complexity index is 507. The second-order valence-corrected chi connectivity index (χ2v) is 6.98. The van der Waals surface area contributed by atoms with Gasteiger partial charge in [-0.1, -0.05) is 13.8 Å². The number of hydrogen-bond acceptors (Lipinski definition) is 4. The Morgan fingerprint density at radius 2 is 1.94 bits per heavy atom. The van der Waals surface area contributed by atoms with Crippen LogP contribution in [-0.2, 0) is 15.6 Å². The maximum absolute atomic E-state index is 11.9. The van der Waals surface area contributed by atoms with Gasteiger partial charge in [0.1, 0.15) is 0 Å². The lowest BCUT2D eigenvalue weighted by molar-refractivity contribution is 0.581. The summed E-state index contributed by atoms with van der Waals surface area (Å²) in [6, 6.07) is 0. The molecule has 0 aliphatic carbocycles. The van der Waals surface area contributed by atoms with Crippen LogP contribution in [0.15, 0.2) is 6.20 Å². The summed E-state index contributed by atoms with van der Waals surface area (Å²) in [6.45, 7) is 7.46. The second-order valence-electron chi connectivity index (χ2n) is 4.88. The first-order valence-corrected chi connectivity index (χ1v) is 7.46. The number of hydrogen-bond donors (Lipinski definition) is 1. The summed E-state index contributed by atoms with van der Waals surface area (Å²) in [5.41, 5.74) is 8.72. The molecule has 0 aliphatic heterocycles. The SMILES string of the molecule is Cc1cnc(CS(=O)(=O)CC(C)C)c(C)c1N. The van der Waals surface area contributed by atoms with Gasteiger partial charge in [0, 0.05) is 11.9 Å². The predicted molar refractivity (Wildman–Crippen MR) is 70.5 cm³/mol. The van der Waals surface area contributed by atoms with Gasteiger partial charge in [0.2, 0.25) is 0 Å². The topological polar surface area (TPSA) is 73.0 Å². The zero-order chi connectivity index (χ0) is 13.2. The third-order valence-corrected chi connectivity index (χ3v) is 4.51. The molecule has 1 aromatic rings. The van der Waals surface area contributed by atoms with Crippen molar-refractivity contribution >= 4 is 15.5 Å². The molecule has 1 heterocycles. The smallest absolute Gasteiger partial charge is 0.156 e. The van der Waals surface area contributed by atoms with Crippen LogP contribution in [0.3, 0.4) is 0 Å². The zero-order valence-electron chi connectivity index (χ0n) is 10.8. The van der Waals surface area contributed by atoms with Gasteiger partial charge in [0.25, 0.3) is 0 Å². The highest BCUT2D eigenvalue weighted by molar-refractivity contribution is 7.90. The normalized spacial score (nSPS) is 12.1. The number of nitrogen functional groups attached to an aromatic ring is 1. The fraction of sp³-hybridized carbons (Fsp3) is 0.583. The third kappa shape index (κ3) is 3.70. The molecule has 0 aliphatic rings. The van der Waals surface area contributed by atoms with Crippen molar-refractivity contribution in [2.24, 2.45) is 5.92 Å². The Balaban J connectivity index is 3.01. The van der Waals surface area contributed by atoms with Crippen molar-refractivity contribution in [3.63, 3.8) is 0 Å². The Labute approximate surface area is 103 Å². The summed E-state index contributed by atoms with van der Waals surface area (Å²) < 4.78 is 23.8. The number of nitrogens with zero attached hydrogens (tertiary/aromatic N) is 1. The number of aromatic nitrogens is 1. The Morgan fingerprint density at radius 3 is 2.47 bits per heavy atom. The molecule has 5 heteroatoms. The molecule has 1 aromatic heterocycles. The molecule has 0 radical (unpaired) electrons.